The predicted molar refractivity (Wildman–Crippen MR) is 96.3 cm³/mol. The average molecular weight is 349 g/mol. The van der Waals surface area contributed by atoms with E-state index in [4.69, 9.17) is 17.7 Å². The summed E-state index contributed by atoms with van der Waals surface area (Å²) < 4.78 is 22.9. The molecule has 0 N–H and O–H groups in total. The molecule has 0 aliphatic rings. The molecule has 124 valence electrons. The van der Waals surface area contributed by atoms with E-state index < -0.39 is 25.2 Å². The molecule has 0 spiro atoms. The Bertz CT molecular complexity index is 340. The Hall–Kier alpha value is -0.0294. The van der Waals surface area contributed by atoms with Gasteiger partial charge in [0.15, 0.2) is 0 Å². The molecular formula is C14H32O4Si3. The highest BCUT2D eigenvalue weighted by atomic mass is 28.4. The second kappa shape index (κ2) is 8.00. The van der Waals surface area contributed by atoms with E-state index in [9.17, 15) is 0 Å². The standard InChI is InChI=1S/C14H32O4Si3/c1-11-21(12-2,13(3)19(9,15-5)16-6)14(4)20(10,17-7)18-8/h3-4,11-12H2,1-2,5-10H3. The Morgan fingerprint density at radius 1 is 0.714 bits per heavy atom. The molecule has 0 saturated carbocycles. The van der Waals surface area contributed by atoms with E-state index in [0.717, 1.165) is 21.7 Å². The zero-order valence-electron chi connectivity index (χ0n) is 15.0. The van der Waals surface area contributed by atoms with Crippen LogP contribution in [-0.4, -0.2) is 53.6 Å². The lowest BCUT2D eigenvalue weighted by molar-refractivity contribution is 0.260. The van der Waals surface area contributed by atoms with Crippen LogP contribution in [0, 0.1) is 0 Å². The highest BCUT2D eigenvalue weighted by molar-refractivity contribution is 7.13. The van der Waals surface area contributed by atoms with Gasteiger partial charge in [0.25, 0.3) is 0 Å². The largest absolute Gasteiger partial charge is 0.395 e. The van der Waals surface area contributed by atoms with Crippen LogP contribution in [0.5, 0.6) is 0 Å². The van der Waals surface area contributed by atoms with E-state index in [0.29, 0.717) is 0 Å². The Morgan fingerprint density at radius 3 is 1.10 bits per heavy atom. The summed E-state index contributed by atoms with van der Waals surface area (Å²) in [5.41, 5.74) is 0. The summed E-state index contributed by atoms with van der Waals surface area (Å²) in [6.45, 7) is 17.3. The Morgan fingerprint density at radius 2 is 0.952 bits per heavy atom. The van der Waals surface area contributed by atoms with E-state index in [2.05, 4.69) is 27.0 Å². The first-order chi connectivity index (χ1) is 9.67. The summed E-state index contributed by atoms with van der Waals surface area (Å²) in [6.07, 6.45) is 0. The number of rotatable bonds is 10. The molecule has 0 aromatic rings. The molecule has 0 atom stereocenters. The highest BCUT2D eigenvalue weighted by Gasteiger charge is 2.53. The lowest BCUT2D eigenvalue weighted by Gasteiger charge is -2.43. The molecule has 0 amide bonds. The minimum absolute atomic E-state index is 1.01. The lowest BCUT2D eigenvalue weighted by Crippen LogP contribution is -2.59. The maximum Gasteiger partial charge on any atom is 0.360 e. The van der Waals surface area contributed by atoms with Crippen LogP contribution in [0.3, 0.4) is 0 Å². The van der Waals surface area contributed by atoms with Gasteiger partial charge in [0.05, 0.1) is 0 Å². The summed E-state index contributed by atoms with van der Waals surface area (Å²) in [4.78, 5) is 2.26. The maximum atomic E-state index is 5.73. The Balaban J connectivity index is 5.97. The van der Waals surface area contributed by atoms with Crippen molar-refractivity contribution in [1.82, 2.24) is 0 Å². The van der Waals surface area contributed by atoms with Gasteiger partial charge in [0, 0.05) is 28.4 Å². The van der Waals surface area contributed by atoms with Gasteiger partial charge in [0.1, 0.15) is 8.07 Å². The SMILES string of the molecule is C=C([Si](C)(OC)OC)[Si](CC)(CC)C(=C)[Si](C)(OC)OC. The molecule has 0 bridgehead atoms. The Kier molecular flexibility index (Phi) is 7.99. The average Bonchev–Trinajstić information content (AvgIpc) is 2.54. The normalized spacial score (nSPS) is 13.3. The first-order valence-corrected chi connectivity index (χ1v) is 14.3. The van der Waals surface area contributed by atoms with Crippen molar-refractivity contribution in [2.45, 2.75) is 39.0 Å². The molecule has 4 nitrogen and oxygen atoms in total. The van der Waals surface area contributed by atoms with E-state index in [1.165, 1.54) is 0 Å². The van der Waals surface area contributed by atoms with Crippen LogP contribution in [0.15, 0.2) is 22.8 Å². The molecule has 0 unspecified atom stereocenters. The topological polar surface area (TPSA) is 36.9 Å². The van der Waals surface area contributed by atoms with E-state index in [1.807, 2.05) is 13.1 Å². The molecule has 0 heterocycles. The molecule has 0 aliphatic heterocycles. The van der Waals surface area contributed by atoms with Crippen LogP contribution in [0.1, 0.15) is 13.8 Å². The van der Waals surface area contributed by atoms with Crippen LogP contribution < -0.4 is 0 Å². The van der Waals surface area contributed by atoms with Crippen molar-refractivity contribution in [1.29, 1.82) is 0 Å². The van der Waals surface area contributed by atoms with Gasteiger partial charge >= 0.3 is 17.1 Å². The van der Waals surface area contributed by atoms with Gasteiger partial charge in [0.2, 0.25) is 0 Å². The second-order valence-electron chi connectivity index (χ2n) is 5.45. The van der Waals surface area contributed by atoms with Gasteiger partial charge < -0.3 is 17.7 Å². The fourth-order valence-electron chi connectivity index (χ4n) is 2.81. The van der Waals surface area contributed by atoms with Crippen LogP contribution >= 0.6 is 0 Å². The maximum absolute atomic E-state index is 5.73. The van der Waals surface area contributed by atoms with E-state index in [-0.39, 0.29) is 0 Å². The van der Waals surface area contributed by atoms with Crippen LogP contribution in [-0.2, 0) is 17.7 Å². The smallest absolute Gasteiger partial charge is 0.360 e. The zero-order chi connectivity index (χ0) is 16.9. The minimum atomic E-state index is -2.43. The molecular weight excluding hydrogens is 316 g/mol. The Labute approximate surface area is 133 Å². The van der Waals surface area contributed by atoms with Gasteiger partial charge in [-0.2, -0.15) is 0 Å². The van der Waals surface area contributed by atoms with Gasteiger partial charge in [-0.1, -0.05) is 25.9 Å². The molecule has 7 heteroatoms. The van der Waals surface area contributed by atoms with Crippen molar-refractivity contribution in [3.8, 4) is 0 Å². The highest BCUT2D eigenvalue weighted by Crippen LogP contribution is 2.39. The lowest BCUT2D eigenvalue weighted by atomic mass is 10.9. The quantitative estimate of drug-likeness (QED) is 0.566. The summed E-state index contributed by atoms with van der Waals surface area (Å²) in [5, 5.41) is 0. The van der Waals surface area contributed by atoms with Crippen molar-refractivity contribution in [3.63, 3.8) is 0 Å². The zero-order valence-corrected chi connectivity index (χ0v) is 18.0. The third-order valence-electron chi connectivity index (χ3n) is 5.02. The summed E-state index contributed by atoms with van der Waals surface area (Å²) >= 11 is 0. The molecule has 0 rings (SSSR count). The fraction of sp³-hybridized carbons (Fsp3) is 0.714. The minimum Gasteiger partial charge on any atom is -0.395 e. The molecule has 0 radical (unpaired) electrons. The van der Waals surface area contributed by atoms with Crippen LogP contribution in [0.4, 0.5) is 0 Å². The predicted octanol–water partition coefficient (Wildman–Crippen LogP) is 3.47. The number of hydrogen-bond acceptors (Lipinski definition) is 4. The molecule has 0 aromatic carbocycles. The second-order valence-corrected chi connectivity index (χ2v) is 17.9. The van der Waals surface area contributed by atoms with E-state index >= 15 is 0 Å². The van der Waals surface area contributed by atoms with Crippen molar-refractivity contribution >= 4 is 25.2 Å². The van der Waals surface area contributed by atoms with Crippen molar-refractivity contribution in [3.05, 3.63) is 22.8 Å². The van der Waals surface area contributed by atoms with Gasteiger partial charge in [-0.05, 0) is 22.7 Å². The van der Waals surface area contributed by atoms with Gasteiger partial charge in [-0.15, -0.1) is 13.2 Å². The van der Waals surface area contributed by atoms with Crippen LogP contribution in [0.2, 0.25) is 25.2 Å². The van der Waals surface area contributed by atoms with Crippen molar-refractivity contribution in [2.75, 3.05) is 28.4 Å². The summed E-state index contributed by atoms with van der Waals surface area (Å²) in [6, 6.07) is 2.01. The molecule has 21 heavy (non-hydrogen) atoms. The third-order valence-corrected chi connectivity index (χ3v) is 20.6. The molecule has 0 fully saturated rings. The number of hydrogen-bond donors (Lipinski definition) is 0. The van der Waals surface area contributed by atoms with Crippen molar-refractivity contribution < 1.29 is 17.7 Å². The van der Waals surface area contributed by atoms with Gasteiger partial charge in [-0.25, -0.2) is 0 Å². The van der Waals surface area contributed by atoms with Crippen LogP contribution in [0.25, 0.3) is 0 Å². The summed E-state index contributed by atoms with van der Waals surface area (Å²) in [7, 11) is -0.103. The monoisotopic (exact) mass is 348 g/mol. The van der Waals surface area contributed by atoms with E-state index in [1.54, 1.807) is 28.4 Å². The fourth-order valence-corrected chi connectivity index (χ4v) is 18.3. The molecule has 0 saturated heterocycles. The summed E-state index contributed by atoms with van der Waals surface area (Å²) in [5.74, 6) is 0. The van der Waals surface area contributed by atoms with Crippen molar-refractivity contribution in [2.24, 2.45) is 0 Å². The first-order valence-electron chi connectivity index (χ1n) is 7.28. The molecule has 0 aromatic heterocycles. The first kappa shape index (κ1) is 21.0. The third kappa shape index (κ3) is 3.66. The molecule has 0 aliphatic carbocycles. The van der Waals surface area contributed by atoms with Gasteiger partial charge in [-0.3, -0.25) is 0 Å².